The van der Waals surface area contributed by atoms with Gasteiger partial charge in [0.05, 0.1) is 5.75 Å². The molecule has 0 bridgehead atoms. The first-order valence-corrected chi connectivity index (χ1v) is 5.99. The minimum atomic E-state index is -0.499. The molecular formula is C12H15NO2S. The van der Waals surface area contributed by atoms with Crippen LogP contribution in [0.3, 0.4) is 0 Å². The zero-order valence-corrected chi connectivity index (χ0v) is 9.87. The van der Waals surface area contributed by atoms with E-state index >= 15 is 0 Å². The van der Waals surface area contributed by atoms with Crippen molar-refractivity contribution >= 4 is 18.6 Å². The molecular weight excluding hydrogens is 222 g/mol. The van der Waals surface area contributed by atoms with Gasteiger partial charge in [0.15, 0.2) is 5.60 Å². The predicted molar refractivity (Wildman–Crippen MR) is 65.6 cm³/mol. The third kappa shape index (κ3) is 2.23. The predicted octanol–water partition coefficient (Wildman–Crippen LogP) is 1.35. The highest BCUT2D eigenvalue weighted by atomic mass is 32.1. The summed E-state index contributed by atoms with van der Waals surface area (Å²) in [4.78, 5) is 11.4. The fourth-order valence-corrected chi connectivity index (χ4v) is 2.12. The van der Waals surface area contributed by atoms with Gasteiger partial charge in [0.2, 0.25) is 0 Å². The van der Waals surface area contributed by atoms with Crippen molar-refractivity contribution < 1.29 is 9.53 Å². The molecule has 1 fully saturated rings. The maximum atomic E-state index is 11.4. The first kappa shape index (κ1) is 11.5. The number of carbonyl (C=O) groups is 1. The average molecular weight is 237 g/mol. The van der Waals surface area contributed by atoms with Crippen molar-refractivity contribution in [3.05, 3.63) is 35.9 Å². The van der Waals surface area contributed by atoms with Crippen LogP contribution in [0.15, 0.2) is 30.3 Å². The summed E-state index contributed by atoms with van der Waals surface area (Å²) >= 11 is 3.94. The Kier molecular flexibility index (Phi) is 3.51. The number of carbonyl (C=O) groups excluding carboxylic acids is 1. The van der Waals surface area contributed by atoms with Crippen LogP contribution in [0.2, 0.25) is 0 Å². The quantitative estimate of drug-likeness (QED) is 0.615. The molecule has 1 heterocycles. The van der Waals surface area contributed by atoms with Crippen LogP contribution in [0.25, 0.3) is 0 Å². The van der Waals surface area contributed by atoms with E-state index < -0.39 is 5.60 Å². The van der Waals surface area contributed by atoms with Gasteiger partial charge in [0, 0.05) is 13.0 Å². The third-order valence-corrected chi connectivity index (χ3v) is 3.11. The minimum absolute atomic E-state index is 0.120. The van der Waals surface area contributed by atoms with Crippen molar-refractivity contribution in [3.8, 4) is 0 Å². The van der Waals surface area contributed by atoms with Crippen LogP contribution >= 0.6 is 12.6 Å². The molecule has 16 heavy (non-hydrogen) atoms. The Morgan fingerprint density at radius 1 is 1.44 bits per heavy atom. The van der Waals surface area contributed by atoms with Gasteiger partial charge in [-0.05, 0) is 12.1 Å². The van der Waals surface area contributed by atoms with Crippen LogP contribution in [-0.4, -0.2) is 24.8 Å². The first-order valence-electron chi connectivity index (χ1n) is 5.36. The molecule has 0 saturated carbocycles. The number of rotatable bonds is 3. The van der Waals surface area contributed by atoms with Gasteiger partial charge >= 0.3 is 5.97 Å². The average Bonchev–Trinajstić information content (AvgIpc) is 2.80. The number of hydrogen-bond donors (Lipinski definition) is 2. The van der Waals surface area contributed by atoms with Gasteiger partial charge in [0.1, 0.15) is 0 Å². The molecule has 2 rings (SSSR count). The maximum absolute atomic E-state index is 11.4. The van der Waals surface area contributed by atoms with Crippen molar-refractivity contribution in [2.45, 2.75) is 12.0 Å². The molecule has 4 heteroatoms. The molecule has 1 saturated heterocycles. The van der Waals surface area contributed by atoms with Crippen molar-refractivity contribution in [2.24, 2.45) is 0 Å². The highest BCUT2D eigenvalue weighted by Crippen LogP contribution is 2.32. The van der Waals surface area contributed by atoms with Crippen LogP contribution in [0.4, 0.5) is 0 Å². The Hall–Kier alpha value is -1.00. The van der Waals surface area contributed by atoms with E-state index in [4.69, 9.17) is 4.74 Å². The number of esters is 1. The number of benzene rings is 1. The summed E-state index contributed by atoms with van der Waals surface area (Å²) < 4.78 is 5.56. The summed E-state index contributed by atoms with van der Waals surface area (Å²) in [6.45, 7) is 1.55. The van der Waals surface area contributed by atoms with E-state index in [0.29, 0.717) is 6.54 Å². The zero-order valence-electron chi connectivity index (χ0n) is 8.98. The number of hydrogen-bond acceptors (Lipinski definition) is 4. The van der Waals surface area contributed by atoms with Crippen LogP contribution in [0.5, 0.6) is 0 Å². The standard InChI is InChI=1S/C12H15NO2S/c14-11(8-16)15-12(6-7-13-9-12)10-4-2-1-3-5-10/h1-5,13,16H,6-9H2. The normalized spacial score (nSPS) is 24.3. The third-order valence-electron chi connectivity index (χ3n) is 2.85. The number of nitrogens with one attached hydrogen (secondary N) is 1. The summed E-state index contributed by atoms with van der Waals surface area (Å²) in [5, 5.41) is 3.24. The molecule has 1 unspecified atom stereocenters. The fourth-order valence-electron chi connectivity index (χ4n) is 2.05. The molecule has 1 aromatic rings. The van der Waals surface area contributed by atoms with Gasteiger partial charge in [-0.1, -0.05) is 30.3 Å². The van der Waals surface area contributed by atoms with Gasteiger partial charge in [-0.2, -0.15) is 12.6 Å². The van der Waals surface area contributed by atoms with E-state index in [1.165, 1.54) is 0 Å². The van der Waals surface area contributed by atoms with Gasteiger partial charge in [-0.15, -0.1) is 0 Å². The molecule has 86 valence electrons. The first-order chi connectivity index (χ1) is 7.77. The second-order valence-corrected chi connectivity index (χ2v) is 4.24. The largest absolute Gasteiger partial charge is 0.452 e. The highest BCUT2D eigenvalue weighted by Gasteiger charge is 2.39. The molecule has 1 aromatic carbocycles. The topological polar surface area (TPSA) is 38.3 Å². The van der Waals surface area contributed by atoms with E-state index in [2.05, 4.69) is 17.9 Å². The van der Waals surface area contributed by atoms with Crippen LogP contribution < -0.4 is 5.32 Å². The summed E-state index contributed by atoms with van der Waals surface area (Å²) in [6.07, 6.45) is 0.816. The molecule has 0 aromatic heterocycles. The number of ether oxygens (including phenoxy) is 1. The molecule has 1 atom stereocenters. The lowest BCUT2D eigenvalue weighted by Gasteiger charge is -2.28. The summed E-state index contributed by atoms with van der Waals surface area (Å²) in [6, 6.07) is 9.88. The molecule has 3 nitrogen and oxygen atoms in total. The van der Waals surface area contributed by atoms with E-state index in [-0.39, 0.29) is 11.7 Å². The van der Waals surface area contributed by atoms with E-state index in [0.717, 1.165) is 18.5 Å². The zero-order chi connectivity index (χ0) is 11.4. The summed E-state index contributed by atoms with van der Waals surface area (Å²) in [7, 11) is 0. The molecule has 1 aliphatic rings. The molecule has 0 amide bonds. The molecule has 1 N–H and O–H groups in total. The summed E-state index contributed by atoms with van der Waals surface area (Å²) in [5.74, 6) is -0.148. The molecule has 1 aliphatic heterocycles. The van der Waals surface area contributed by atoms with E-state index in [1.807, 2.05) is 30.3 Å². The second kappa shape index (κ2) is 4.89. The van der Waals surface area contributed by atoms with Gasteiger partial charge < -0.3 is 10.1 Å². The van der Waals surface area contributed by atoms with Crippen LogP contribution in [-0.2, 0) is 15.1 Å². The Bertz CT molecular complexity index is 361. The van der Waals surface area contributed by atoms with Gasteiger partial charge in [0.25, 0.3) is 0 Å². The van der Waals surface area contributed by atoms with Crippen molar-refractivity contribution in [1.82, 2.24) is 5.32 Å². The van der Waals surface area contributed by atoms with Crippen LogP contribution in [0.1, 0.15) is 12.0 Å². The lowest BCUT2D eigenvalue weighted by atomic mass is 9.93. The van der Waals surface area contributed by atoms with E-state index in [9.17, 15) is 4.79 Å². The van der Waals surface area contributed by atoms with Gasteiger partial charge in [-0.3, -0.25) is 4.79 Å². The van der Waals surface area contributed by atoms with Crippen molar-refractivity contribution in [3.63, 3.8) is 0 Å². The smallest absolute Gasteiger partial charge is 0.316 e. The Labute approximate surface area is 101 Å². The lowest BCUT2D eigenvalue weighted by Crippen LogP contribution is -2.35. The van der Waals surface area contributed by atoms with Crippen molar-refractivity contribution in [2.75, 3.05) is 18.8 Å². The molecule has 0 radical (unpaired) electrons. The molecule has 0 spiro atoms. The lowest BCUT2D eigenvalue weighted by molar-refractivity contribution is -0.155. The van der Waals surface area contributed by atoms with Crippen LogP contribution in [0, 0.1) is 0 Å². The van der Waals surface area contributed by atoms with E-state index in [1.54, 1.807) is 0 Å². The van der Waals surface area contributed by atoms with Crippen molar-refractivity contribution in [1.29, 1.82) is 0 Å². The molecule has 0 aliphatic carbocycles. The second-order valence-electron chi connectivity index (χ2n) is 3.92. The Morgan fingerprint density at radius 2 is 2.19 bits per heavy atom. The monoisotopic (exact) mass is 237 g/mol. The maximum Gasteiger partial charge on any atom is 0.316 e. The Balaban J connectivity index is 2.25. The number of thiol groups is 1. The highest BCUT2D eigenvalue weighted by molar-refractivity contribution is 7.81. The fraction of sp³-hybridized carbons (Fsp3) is 0.417. The Morgan fingerprint density at radius 3 is 2.75 bits per heavy atom. The SMILES string of the molecule is O=C(CS)OC1(c2ccccc2)CCNC1. The minimum Gasteiger partial charge on any atom is -0.452 e. The van der Waals surface area contributed by atoms with Gasteiger partial charge in [-0.25, -0.2) is 0 Å². The summed E-state index contributed by atoms with van der Waals surface area (Å²) in [5.41, 5.74) is 0.552.